The summed E-state index contributed by atoms with van der Waals surface area (Å²) >= 11 is 1.49. The fourth-order valence-corrected chi connectivity index (χ4v) is 4.67. The number of rotatable bonds is 9. The van der Waals surface area contributed by atoms with Crippen LogP contribution < -0.4 is 0 Å². The van der Waals surface area contributed by atoms with E-state index in [-0.39, 0.29) is 6.10 Å². The van der Waals surface area contributed by atoms with E-state index in [0.717, 1.165) is 35.8 Å². The summed E-state index contributed by atoms with van der Waals surface area (Å²) < 4.78 is 8.12. The zero-order valence-electron chi connectivity index (χ0n) is 17.0. The first-order valence-electron chi connectivity index (χ1n) is 10.4. The summed E-state index contributed by atoms with van der Waals surface area (Å²) in [6, 6.07) is 18.4. The van der Waals surface area contributed by atoms with E-state index in [1.54, 1.807) is 0 Å². The molecule has 1 aliphatic carbocycles. The molecule has 0 radical (unpaired) electrons. The van der Waals surface area contributed by atoms with Crippen molar-refractivity contribution in [1.29, 1.82) is 0 Å². The fourth-order valence-electron chi connectivity index (χ4n) is 3.82. The Bertz CT molecular complexity index is 974. The lowest BCUT2D eigenvalue weighted by Crippen LogP contribution is -2.22. The molecule has 5 nitrogen and oxygen atoms in total. The molecule has 0 saturated heterocycles. The molecule has 0 bridgehead atoms. The van der Waals surface area contributed by atoms with E-state index in [2.05, 4.69) is 41.0 Å². The van der Waals surface area contributed by atoms with E-state index in [9.17, 15) is 5.11 Å². The van der Waals surface area contributed by atoms with Crippen LogP contribution in [0, 0.1) is 0 Å². The zero-order valence-corrected chi connectivity index (χ0v) is 17.8. The van der Waals surface area contributed by atoms with E-state index in [0.29, 0.717) is 18.9 Å². The minimum Gasteiger partial charge on any atom is -0.390 e. The van der Waals surface area contributed by atoms with Gasteiger partial charge in [-0.2, -0.15) is 0 Å². The molecule has 156 valence electrons. The molecule has 1 heterocycles. The average molecular weight is 422 g/mol. The highest BCUT2D eigenvalue weighted by Crippen LogP contribution is 2.32. The topological polar surface area (TPSA) is 60.2 Å². The summed E-state index contributed by atoms with van der Waals surface area (Å²) in [5, 5.41) is 20.0. The lowest BCUT2D eigenvalue weighted by molar-refractivity contribution is -0.00960. The number of benzene rings is 2. The van der Waals surface area contributed by atoms with Crippen LogP contribution in [-0.2, 0) is 17.7 Å². The first-order valence-corrected chi connectivity index (χ1v) is 11.3. The van der Waals surface area contributed by atoms with Crippen LogP contribution in [-0.4, -0.2) is 38.3 Å². The number of aromatic nitrogens is 3. The molecule has 0 spiro atoms. The maximum absolute atomic E-state index is 10.5. The number of fused-ring (bicyclic) bond motifs is 1. The monoisotopic (exact) mass is 421 g/mol. The fraction of sp³-hybridized carbons (Fsp3) is 0.333. The molecule has 3 aromatic rings. The SMILES string of the molecule is C=CCn1c(SC[C@H](O)CO[C@H]2CCCc3ccccc32)nnc1-c1ccccc1. The highest BCUT2D eigenvalue weighted by molar-refractivity contribution is 7.99. The Balaban J connectivity index is 1.36. The summed E-state index contributed by atoms with van der Waals surface area (Å²) in [7, 11) is 0. The quantitative estimate of drug-likeness (QED) is 0.402. The zero-order chi connectivity index (χ0) is 20.8. The highest BCUT2D eigenvalue weighted by atomic mass is 32.2. The summed E-state index contributed by atoms with van der Waals surface area (Å²) in [4.78, 5) is 0. The van der Waals surface area contributed by atoms with Crippen LogP contribution in [0.5, 0.6) is 0 Å². The summed E-state index contributed by atoms with van der Waals surface area (Å²) in [6.07, 6.45) is 4.57. The summed E-state index contributed by atoms with van der Waals surface area (Å²) in [5.74, 6) is 1.31. The lowest BCUT2D eigenvalue weighted by Gasteiger charge is -2.26. The maximum atomic E-state index is 10.5. The van der Waals surface area contributed by atoms with Gasteiger partial charge in [-0.25, -0.2) is 0 Å². The van der Waals surface area contributed by atoms with E-state index in [1.807, 2.05) is 41.0 Å². The number of aliphatic hydroxyl groups excluding tert-OH is 1. The molecule has 4 rings (SSSR count). The lowest BCUT2D eigenvalue weighted by atomic mass is 9.89. The molecule has 30 heavy (non-hydrogen) atoms. The molecule has 1 aliphatic rings. The molecular weight excluding hydrogens is 394 g/mol. The van der Waals surface area contributed by atoms with Crippen LogP contribution in [0.2, 0.25) is 0 Å². The predicted molar refractivity (Wildman–Crippen MR) is 120 cm³/mol. The Kier molecular flexibility index (Phi) is 7.00. The standard InChI is InChI=1S/C24H27N3O2S/c1-2-15-27-23(19-10-4-3-5-11-19)25-26-24(27)30-17-20(28)16-29-22-14-8-12-18-9-6-7-13-21(18)22/h2-7,9-11,13,20,22,28H,1,8,12,14-17H2/t20-,22+/m1/s1. The first kappa shape index (κ1) is 20.8. The van der Waals surface area contributed by atoms with Crippen LogP contribution >= 0.6 is 11.8 Å². The molecular formula is C24H27N3O2S. The van der Waals surface area contributed by atoms with Crippen LogP contribution in [0.1, 0.15) is 30.1 Å². The number of allylic oxidation sites excluding steroid dienone is 1. The van der Waals surface area contributed by atoms with Crippen LogP contribution in [0.3, 0.4) is 0 Å². The van der Waals surface area contributed by atoms with Crippen molar-refractivity contribution in [2.45, 2.75) is 43.2 Å². The normalized spacial score (nSPS) is 16.8. The third-order valence-electron chi connectivity index (χ3n) is 5.27. The largest absolute Gasteiger partial charge is 0.390 e. The molecule has 2 aromatic carbocycles. The molecule has 0 unspecified atom stereocenters. The van der Waals surface area contributed by atoms with Crippen molar-refractivity contribution < 1.29 is 9.84 Å². The minimum atomic E-state index is -0.571. The number of aryl methyl sites for hydroxylation is 1. The Hall–Kier alpha value is -2.41. The van der Waals surface area contributed by atoms with Gasteiger partial charge >= 0.3 is 0 Å². The molecule has 6 heteroatoms. The maximum Gasteiger partial charge on any atom is 0.191 e. The second-order valence-electron chi connectivity index (χ2n) is 7.45. The second kappa shape index (κ2) is 10.1. The number of hydrogen-bond acceptors (Lipinski definition) is 5. The van der Waals surface area contributed by atoms with Gasteiger partial charge in [0.15, 0.2) is 11.0 Å². The van der Waals surface area contributed by atoms with Gasteiger partial charge in [-0.1, -0.05) is 72.4 Å². The molecule has 2 atom stereocenters. The van der Waals surface area contributed by atoms with Crippen LogP contribution in [0.25, 0.3) is 11.4 Å². The van der Waals surface area contributed by atoms with Gasteiger partial charge in [0.1, 0.15) is 0 Å². The summed E-state index contributed by atoms with van der Waals surface area (Å²) in [6.45, 7) is 4.78. The third kappa shape index (κ3) is 4.83. The van der Waals surface area contributed by atoms with Crippen molar-refractivity contribution in [3.05, 3.63) is 78.4 Å². The summed E-state index contributed by atoms with van der Waals surface area (Å²) in [5.41, 5.74) is 3.64. The Morgan fingerprint density at radius 3 is 2.80 bits per heavy atom. The molecule has 0 aliphatic heterocycles. The van der Waals surface area contributed by atoms with Crippen LogP contribution in [0.4, 0.5) is 0 Å². The Labute approximate surface area is 181 Å². The molecule has 1 N–H and O–H groups in total. The third-order valence-corrected chi connectivity index (χ3v) is 6.38. The number of aliphatic hydroxyl groups is 1. The number of ether oxygens (including phenoxy) is 1. The van der Waals surface area contributed by atoms with Gasteiger partial charge in [0.2, 0.25) is 0 Å². The van der Waals surface area contributed by atoms with Crippen molar-refractivity contribution >= 4 is 11.8 Å². The Morgan fingerprint density at radius 2 is 1.97 bits per heavy atom. The number of nitrogens with zero attached hydrogens (tertiary/aromatic N) is 3. The van der Waals surface area contributed by atoms with Gasteiger partial charge in [0.25, 0.3) is 0 Å². The van der Waals surface area contributed by atoms with Crippen LogP contribution in [0.15, 0.2) is 72.4 Å². The highest BCUT2D eigenvalue weighted by Gasteiger charge is 2.22. The molecule has 0 fully saturated rings. The second-order valence-corrected chi connectivity index (χ2v) is 8.44. The van der Waals surface area contributed by atoms with Gasteiger partial charge in [-0.05, 0) is 30.4 Å². The van der Waals surface area contributed by atoms with Crippen molar-refractivity contribution in [1.82, 2.24) is 14.8 Å². The van der Waals surface area contributed by atoms with Crippen molar-refractivity contribution in [2.75, 3.05) is 12.4 Å². The van der Waals surface area contributed by atoms with E-state index in [1.165, 1.54) is 22.9 Å². The molecule has 0 amide bonds. The smallest absolute Gasteiger partial charge is 0.191 e. The van der Waals surface area contributed by atoms with Crippen molar-refractivity contribution in [3.63, 3.8) is 0 Å². The van der Waals surface area contributed by atoms with E-state index >= 15 is 0 Å². The minimum absolute atomic E-state index is 0.0729. The van der Waals surface area contributed by atoms with Crippen molar-refractivity contribution in [3.8, 4) is 11.4 Å². The van der Waals surface area contributed by atoms with E-state index in [4.69, 9.17) is 4.74 Å². The van der Waals surface area contributed by atoms with Crippen molar-refractivity contribution in [2.24, 2.45) is 0 Å². The van der Waals surface area contributed by atoms with Gasteiger partial charge in [-0.15, -0.1) is 16.8 Å². The molecule has 0 saturated carbocycles. The molecule has 1 aromatic heterocycles. The number of hydrogen-bond donors (Lipinski definition) is 1. The van der Waals surface area contributed by atoms with Gasteiger partial charge in [0, 0.05) is 17.9 Å². The van der Waals surface area contributed by atoms with Gasteiger partial charge < -0.3 is 9.84 Å². The predicted octanol–water partition coefficient (Wildman–Crippen LogP) is 4.68. The van der Waals surface area contributed by atoms with Gasteiger partial charge in [-0.3, -0.25) is 4.57 Å². The van der Waals surface area contributed by atoms with E-state index < -0.39 is 6.10 Å². The average Bonchev–Trinajstić information content (AvgIpc) is 3.19. The number of thioether (sulfide) groups is 1. The van der Waals surface area contributed by atoms with Gasteiger partial charge in [0.05, 0.1) is 18.8 Å². The first-order chi connectivity index (χ1) is 14.8. The Morgan fingerprint density at radius 1 is 1.17 bits per heavy atom.